The Morgan fingerprint density at radius 3 is 2.74 bits per heavy atom. The van der Waals surface area contributed by atoms with Gasteiger partial charge < -0.3 is 19.4 Å². The summed E-state index contributed by atoms with van der Waals surface area (Å²) < 4.78 is 11.3. The van der Waals surface area contributed by atoms with E-state index in [1.54, 1.807) is 13.4 Å². The van der Waals surface area contributed by atoms with Gasteiger partial charge in [-0.2, -0.15) is 0 Å². The summed E-state index contributed by atoms with van der Waals surface area (Å²) in [6, 6.07) is 5.96. The number of ether oxygens (including phenoxy) is 2. The molecule has 1 N–H and O–H groups in total. The van der Waals surface area contributed by atoms with E-state index in [0.29, 0.717) is 0 Å². The van der Waals surface area contributed by atoms with Gasteiger partial charge in [0.2, 0.25) is 0 Å². The zero-order valence-corrected chi connectivity index (χ0v) is 13.5. The fourth-order valence-electron chi connectivity index (χ4n) is 3.46. The molecule has 1 fully saturated rings. The van der Waals surface area contributed by atoms with Crippen molar-refractivity contribution in [2.24, 2.45) is 0 Å². The molecule has 1 saturated heterocycles. The predicted molar refractivity (Wildman–Crippen MR) is 90.2 cm³/mol. The van der Waals surface area contributed by atoms with Gasteiger partial charge in [0.05, 0.1) is 30.2 Å². The highest BCUT2D eigenvalue weighted by molar-refractivity contribution is 6.11. The average molecular weight is 312 g/mol. The molecule has 0 saturated carbocycles. The highest BCUT2D eigenvalue weighted by atomic mass is 16.5. The molecule has 0 aliphatic carbocycles. The Hall–Kier alpha value is -2.34. The fraction of sp³-hybridized carbons (Fsp3) is 0.412. The van der Waals surface area contributed by atoms with Gasteiger partial charge in [0.15, 0.2) is 5.82 Å². The molecule has 6 nitrogen and oxygen atoms in total. The van der Waals surface area contributed by atoms with Gasteiger partial charge in [-0.1, -0.05) is 6.07 Å². The number of H-pyrrole nitrogens is 1. The smallest absolute Gasteiger partial charge is 0.156 e. The number of hydrogen-bond acceptors (Lipinski definition) is 5. The Balaban J connectivity index is 1.91. The van der Waals surface area contributed by atoms with E-state index in [2.05, 4.69) is 33.7 Å². The average Bonchev–Trinajstić information content (AvgIpc) is 2.92. The van der Waals surface area contributed by atoms with Crippen LogP contribution in [-0.2, 0) is 4.74 Å². The minimum atomic E-state index is 0.183. The number of rotatable bonds is 2. The molecule has 1 aliphatic rings. The standard InChI is InChI=1S/C17H20N4O2/c1-10-7-21(8-11(2)23-10)17-16-15(18-9-19-17)14-12(20-16)5-4-6-13(14)22-3/h4-6,9-11,20H,7-8H2,1-3H3/t10-,11+. The Kier molecular flexibility index (Phi) is 3.34. The third kappa shape index (κ3) is 2.30. The van der Waals surface area contributed by atoms with Crippen molar-refractivity contribution in [3.63, 3.8) is 0 Å². The number of benzene rings is 1. The molecule has 6 heteroatoms. The Labute approximate surface area is 134 Å². The number of aromatic nitrogens is 3. The zero-order chi connectivity index (χ0) is 16.0. The van der Waals surface area contributed by atoms with E-state index in [9.17, 15) is 0 Å². The van der Waals surface area contributed by atoms with Crippen LogP contribution in [0.25, 0.3) is 21.9 Å². The second-order valence-electron chi connectivity index (χ2n) is 6.09. The topological polar surface area (TPSA) is 63.3 Å². The first-order valence-electron chi connectivity index (χ1n) is 7.87. The van der Waals surface area contributed by atoms with Crippen LogP contribution < -0.4 is 9.64 Å². The number of morpholine rings is 1. The van der Waals surface area contributed by atoms with Crippen molar-refractivity contribution in [3.8, 4) is 5.75 Å². The van der Waals surface area contributed by atoms with Crippen LogP contribution in [-0.4, -0.2) is 47.4 Å². The van der Waals surface area contributed by atoms with Gasteiger partial charge in [-0.15, -0.1) is 0 Å². The lowest BCUT2D eigenvalue weighted by molar-refractivity contribution is -0.00538. The molecule has 3 aromatic rings. The molecule has 4 rings (SSSR count). The molecule has 0 unspecified atom stereocenters. The molecule has 0 amide bonds. The predicted octanol–water partition coefficient (Wildman–Crippen LogP) is 2.73. The van der Waals surface area contributed by atoms with E-state index in [4.69, 9.17) is 9.47 Å². The molecule has 0 radical (unpaired) electrons. The minimum Gasteiger partial charge on any atom is -0.496 e. The van der Waals surface area contributed by atoms with E-state index in [0.717, 1.165) is 46.6 Å². The summed E-state index contributed by atoms with van der Waals surface area (Å²) in [6.07, 6.45) is 1.99. The van der Waals surface area contributed by atoms with Gasteiger partial charge in [-0.05, 0) is 26.0 Å². The minimum absolute atomic E-state index is 0.183. The summed E-state index contributed by atoms with van der Waals surface area (Å²) in [6.45, 7) is 5.83. The first-order valence-corrected chi connectivity index (χ1v) is 7.87. The van der Waals surface area contributed by atoms with Crippen LogP contribution in [0.1, 0.15) is 13.8 Å². The molecule has 1 aliphatic heterocycles. The summed E-state index contributed by atoms with van der Waals surface area (Å²) in [5.41, 5.74) is 2.86. The van der Waals surface area contributed by atoms with E-state index >= 15 is 0 Å². The van der Waals surface area contributed by atoms with E-state index in [1.807, 2.05) is 18.2 Å². The largest absolute Gasteiger partial charge is 0.496 e. The van der Waals surface area contributed by atoms with Crippen molar-refractivity contribution in [1.29, 1.82) is 0 Å². The van der Waals surface area contributed by atoms with Crippen molar-refractivity contribution in [2.45, 2.75) is 26.1 Å². The molecule has 2 atom stereocenters. The molecular formula is C17H20N4O2. The Morgan fingerprint density at radius 2 is 2.00 bits per heavy atom. The lowest BCUT2D eigenvalue weighted by atomic mass is 10.2. The van der Waals surface area contributed by atoms with Crippen molar-refractivity contribution in [1.82, 2.24) is 15.0 Å². The number of nitrogens with zero attached hydrogens (tertiary/aromatic N) is 3. The van der Waals surface area contributed by atoms with Gasteiger partial charge in [0, 0.05) is 13.1 Å². The zero-order valence-electron chi connectivity index (χ0n) is 13.5. The first-order chi connectivity index (χ1) is 11.2. The fourth-order valence-corrected chi connectivity index (χ4v) is 3.46. The molecule has 120 valence electrons. The lowest BCUT2D eigenvalue weighted by Crippen LogP contribution is -2.46. The molecule has 23 heavy (non-hydrogen) atoms. The number of nitrogens with one attached hydrogen (secondary N) is 1. The molecule has 0 spiro atoms. The number of anilines is 1. The first kappa shape index (κ1) is 14.3. The van der Waals surface area contributed by atoms with Gasteiger partial charge in [0.1, 0.15) is 23.1 Å². The summed E-state index contributed by atoms with van der Waals surface area (Å²) in [7, 11) is 1.68. The second-order valence-corrected chi connectivity index (χ2v) is 6.09. The van der Waals surface area contributed by atoms with Gasteiger partial charge in [0.25, 0.3) is 0 Å². The van der Waals surface area contributed by atoms with E-state index < -0.39 is 0 Å². The van der Waals surface area contributed by atoms with Crippen molar-refractivity contribution in [2.75, 3.05) is 25.1 Å². The molecule has 2 aromatic heterocycles. The van der Waals surface area contributed by atoms with Crippen molar-refractivity contribution in [3.05, 3.63) is 24.5 Å². The van der Waals surface area contributed by atoms with Gasteiger partial charge >= 0.3 is 0 Å². The summed E-state index contributed by atoms with van der Waals surface area (Å²) >= 11 is 0. The normalized spacial score (nSPS) is 22.0. The molecule has 3 heterocycles. The van der Waals surface area contributed by atoms with Crippen LogP contribution in [0.2, 0.25) is 0 Å². The maximum Gasteiger partial charge on any atom is 0.156 e. The summed E-state index contributed by atoms with van der Waals surface area (Å²) in [5, 5.41) is 1.00. The number of methoxy groups -OCH3 is 1. The molecular weight excluding hydrogens is 292 g/mol. The van der Waals surface area contributed by atoms with Crippen molar-refractivity contribution >= 4 is 27.8 Å². The highest BCUT2D eigenvalue weighted by Crippen LogP contribution is 2.35. The van der Waals surface area contributed by atoms with Crippen molar-refractivity contribution < 1.29 is 9.47 Å². The maximum atomic E-state index is 5.83. The third-order valence-corrected chi connectivity index (χ3v) is 4.29. The number of aromatic amines is 1. The van der Waals surface area contributed by atoms with Gasteiger partial charge in [-0.3, -0.25) is 0 Å². The van der Waals surface area contributed by atoms with Crippen LogP contribution in [0.15, 0.2) is 24.5 Å². The third-order valence-electron chi connectivity index (χ3n) is 4.29. The SMILES string of the molecule is COc1cccc2[nH]c3c(N4C[C@@H](C)O[C@@H](C)C4)ncnc3c12. The Bertz CT molecular complexity index is 850. The highest BCUT2D eigenvalue weighted by Gasteiger charge is 2.26. The molecule has 0 bridgehead atoms. The second kappa shape index (κ2) is 5.38. The van der Waals surface area contributed by atoms with Crippen LogP contribution >= 0.6 is 0 Å². The van der Waals surface area contributed by atoms with Crippen LogP contribution in [0.4, 0.5) is 5.82 Å². The molecule has 1 aromatic carbocycles. The van der Waals surface area contributed by atoms with Crippen LogP contribution in [0, 0.1) is 0 Å². The van der Waals surface area contributed by atoms with E-state index in [1.165, 1.54) is 0 Å². The number of fused-ring (bicyclic) bond motifs is 3. The summed E-state index contributed by atoms with van der Waals surface area (Å²) in [4.78, 5) is 14.8. The van der Waals surface area contributed by atoms with Gasteiger partial charge in [-0.25, -0.2) is 9.97 Å². The lowest BCUT2D eigenvalue weighted by Gasteiger charge is -2.36. The quantitative estimate of drug-likeness (QED) is 0.788. The summed E-state index contributed by atoms with van der Waals surface area (Å²) in [5.74, 6) is 1.75. The number of hydrogen-bond donors (Lipinski definition) is 1. The van der Waals surface area contributed by atoms with E-state index in [-0.39, 0.29) is 12.2 Å². The van der Waals surface area contributed by atoms with Crippen LogP contribution in [0.5, 0.6) is 5.75 Å². The maximum absolute atomic E-state index is 5.83. The van der Waals surface area contributed by atoms with Crippen LogP contribution in [0.3, 0.4) is 0 Å². The Morgan fingerprint density at radius 1 is 1.22 bits per heavy atom. The monoisotopic (exact) mass is 312 g/mol.